The monoisotopic (exact) mass is 219 g/mol. The van der Waals surface area contributed by atoms with Crippen molar-refractivity contribution in [1.29, 1.82) is 0 Å². The predicted molar refractivity (Wildman–Crippen MR) is 66.0 cm³/mol. The lowest BCUT2D eigenvalue weighted by molar-refractivity contribution is -0.117. The van der Waals surface area contributed by atoms with Gasteiger partial charge in [-0.1, -0.05) is 12.1 Å². The number of nitrogens with zero attached hydrogens (tertiary/aromatic N) is 2. The summed E-state index contributed by atoms with van der Waals surface area (Å²) < 4.78 is 0. The van der Waals surface area contributed by atoms with E-state index in [2.05, 4.69) is 5.32 Å². The summed E-state index contributed by atoms with van der Waals surface area (Å²) in [5.41, 5.74) is 2.13. The van der Waals surface area contributed by atoms with Crippen LogP contribution in [0.3, 0.4) is 0 Å². The van der Waals surface area contributed by atoms with Crippen LogP contribution in [-0.2, 0) is 4.79 Å². The lowest BCUT2D eigenvalue weighted by Gasteiger charge is -2.35. The fraction of sp³-hybridized carbons (Fsp3) is 0.417. The van der Waals surface area contributed by atoms with E-state index in [-0.39, 0.29) is 5.91 Å². The van der Waals surface area contributed by atoms with Gasteiger partial charge in [-0.25, -0.2) is 0 Å². The third-order valence-electron chi connectivity index (χ3n) is 2.84. The molecule has 1 heterocycles. The van der Waals surface area contributed by atoms with Gasteiger partial charge in [0.25, 0.3) is 0 Å². The third-order valence-corrected chi connectivity index (χ3v) is 2.84. The molecule has 0 aliphatic carbocycles. The average molecular weight is 219 g/mol. The Bertz CT molecular complexity index is 392. The summed E-state index contributed by atoms with van der Waals surface area (Å²) in [5, 5.41) is 3.07. The van der Waals surface area contributed by atoms with Crippen molar-refractivity contribution in [2.24, 2.45) is 0 Å². The van der Waals surface area contributed by atoms with Crippen LogP contribution in [0.5, 0.6) is 0 Å². The van der Waals surface area contributed by atoms with Crippen molar-refractivity contribution in [2.75, 3.05) is 43.5 Å². The Morgan fingerprint density at radius 1 is 1.31 bits per heavy atom. The van der Waals surface area contributed by atoms with Crippen LogP contribution >= 0.6 is 0 Å². The minimum atomic E-state index is 0.163. The van der Waals surface area contributed by atoms with Crippen LogP contribution in [0.25, 0.3) is 0 Å². The number of rotatable bonds is 3. The van der Waals surface area contributed by atoms with Crippen LogP contribution in [0.2, 0.25) is 0 Å². The molecule has 16 heavy (non-hydrogen) atoms. The maximum absolute atomic E-state index is 11.9. The summed E-state index contributed by atoms with van der Waals surface area (Å²) in [6, 6.07) is 8.02. The molecule has 1 aromatic rings. The van der Waals surface area contributed by atoms with Gasteiger partial charge in [-0.15, -0.1) is 0 Å². The van der Waals surface area contributed by atoms with Gasteiger partial charge in [-0.2, -0.15) is 0 Å². The number of para-hydroxylation sites is 2. The largest absolute Gasteiger partial charge is 0.364 e. The molecule has 0 atom stereocenters. The summed E-state index contributed by atoms with van der Waals surface area (Å²) in [7, 11) is 3.85. The van der Waals surface area contributed by atoms with Crippen LogP contribution < -0.4 is 15.1 Å². The topological polar surface area (TPSA) is 35.6 Å². The summed E-state index contributed by atoms with van der Waals surface area (Å²) in [6.45, 7) is 1.99. The van der Waals surface area contributed by atoms with Gasteiger partial charge in [0, 0.05) is 20.1 Å². The Hall–Kier alpha value is -1.55. The molecule has 0 fully saturated rings. The van der Waals surface area contributed by atoms with Gasteiger partial charge >= 0.3 is 0 Å². The first-order chi connectivity index (χ1) is 7.74. The number of hydrogen-bond donors (Lipinski definition) is 1. The van der Waals surface area contributed by atoms with Crippen molar-refractivity contribution < 1.29 is 4.79 Å². The van der Waals surface area contributed by atoms with Crippen molar-refractivity contribution in [1.82, 2.24) is 5.32 Å². The first kappa shape index (κ1) is 11.0. The van der Waals surface area contributed by atoms with Crippen LogP contribution in [0.1, 0.15) is 0 Å². The molecular formula is C12H17N3O. The summed E-state index contributed by atoms with van der Waals surface area (Å²) in [5.74, 6) is 0.163. The zero-order valence-electron chi connectivity index (χ0n) is 9.73. The van der Waals surface area contributed by atoms with Gasteiger partial charge in [0.1, 0.15) is 0 Å². The van der Waals surface area contributed by atoms with Crippen LogP contribution in [0, 0.1) is 0 Å². The standard InChI is InChI=1S/C12H17N3O/c1-13-7-8-15-11-6-4-3-5-10(11)14(2)9-12(15)16/h3-6,13H,7-9H2,1-2H3. The van der Waals surface area contributed by atoms with Crippen molar-refractivity contribution in [3.05, 3.63) is 24.3 Å². The molecule has 4 heteroatoms. The Morgan fingerprint density at radius 2 is 2.00 bits per heavy atom. The van der Waals surface area contributed by atoms with E-state index in [1.807, 2.05) is 48.2 Å². The van der Waals surface area contributed by atoms with E-state index in [1.165, 1.54) is 0 Å². The quantitative estimate of drug-likeness (QED) is 0.812. The Morgan fingerprint density at radius 3 is 2.69 bits per heavy atom. The number of amides is 1. The van der Waals surface area contributed by atoms with Crippen LogP contribution in [0.4, 0.5) is 11.4 Å². The highest BCUT2D eigenvalue weighted by Crippen LogP contribution is 2.31. The molecule has 2 rings (SSSR count). The van der Waals surface area contributed by atoms with E-state index in [1.54, 1.807) is 0 Å². The first-order valence-electron chi connectivity index (χ1n) is 5.49. The zero-order valence-corrected chi connectivity index (χ0v) is 9.73. The highest BCUT2D eigenvalue weighted by molar-refractivity contribution is 6.03. The number of carbonyl (C=O) groups excluding carboxylic acids is 1. The molecule has 86 valence electrons. The molecule has 0 saturated carbocycles. The molecule has 1 aliphatic rings. The summed E-state index contributed by atoms with van der Waals surface area (Å²) in [6.07, 6.45) is 0. The Balaban J connectivity index is 2.31. The van der Waals surface area contributed by atoms with Crippen LogP contribution in [-0.4, -0.2) is 39.6 Å². The molecule has 0 saturated heterocycles. The molecule has 1 amide bonds. The maximum Gasteiger partial charge on any atom is 0.246 e. The molecule has 1 aliphatic heterocycles. The molecular weight excluding hydrogens is 202 g/mol. The number of fused-ring (bicyclic) bond motifs is 1. The number of carbonyl (C=O) groups is 1. The maximum atomic E-state index is 11.9. The Kier molecular flexibility index (Phi) is 3.10. The van der Waals surface area contributed by atoms with E-state index in [9.17, 15) is 4.79 Å². The van der Waals surface area contributed by atoms with Crippen LogP contribution in [0.15, 0.2) is 24.3 Å². The predicted octanol–water partition coefficient (Wildman–Crippen LogP) is 0.689. The highest BCUT2D eigenvalue weighted by atomic mass is 16.2. The fourth-order valence-electron chi connectivity index (χ4n) is 1.99. The Labute approximate surface area is 95.8 Å². The molecule has 0 aromatic heterocycles. The van der Waals surface area contributed by atoms with E-state index in [4.69, 9.17) is 0 Å². The zero-order chi connectivity index (χ0) is 11.5. The fourth-order valence-corrected chi connectivity index (χ4v) is 1.99. The lowest BCUT2D eigenvalue weighted by atomic mass is 10.1. The van der Waals surface area contributed by atoms with E-state index in [0.29, 0.717) is 6.54 Å². The van der Waals surface area contributed by atoms with Crippen molar-refractivity contribution in [3.63, 3.8) is 0 Å². The molecule has 0 radical (unpaired) electrons. The molecule has 0 bridgehead atoms. The van der Waals surface area contributed by atoms with E-state index in [0.717, 1.165) is 24.5 Å². The van der Waals surface area contributed by atoms with Gasteiger partial charge in [0.05, 0.1) is 17.9 Å². The van der Waals surface area contributed by atoms with E-state index < -0.39 is 0 Å². The number of hydrogen-bond acceptors (Lipinski definition) is 3. The van der Waals surface area contributed by atoms with Gasteiger partial charge in [-0.3, -0.25) is 4.79 Å². The van der Waals surface area contributed by atoms with Crippen molar-refractivity contribution in [3.8, 4) is 0 Å². The second-order valence-corrected chi connectivity index (χ2v) is 3.99. The summed E-state index contributed by atoms with van der Waals surface area (Å²) >= 11 is 0. The molecule has 0 unspecified atom stereocenters. The number of likely N-dealkylation sites (N-methyl/N-ethyl adjacent to an activating group) is 2. The highest BCUT2D eigenvalue weighted by Gasteiger charge is 2.26. The number of nitrogens with one attached hydrogen (secondary N) is 1. The van der Waals surface area contributed by atoms with Gasteiger partial charge in [0.2, 0.25) is 5.91 Å². The van der Waals surface area contributed by atoms with Crippen molar-refractivity contribution in [2.45, 2.75) is 0 Å². The number of benzene rings is 1. The van der Waals surface area contributed by atoms with Gasteiger partial charge in [0.15, 0.2) is 0 Å². The van der Waals surface area contributed by atoms with Gasteiger partial charge in [-0.05, 0) is 19.2 Å². The van der Waals surface area contributed by atoms with Gasteiger partial charge < -0.3 is 15.1 Å². The SMILES string of the molecule is CNCCN1C(=O)CN(C)c2ccccc21. The smallest absolute Gasteiger partial charge is 0.246 e. The van der Waals surface area contributed by atoms with Crippen molar-refractivity contribution >= 4 is 17.3 Å². The molecule has 1 aromatic carbocycles. The summed E-state index contributed by atoms with van der Waals surface area (Å²) in [4.78, 5) is 15.8. The third kappa shape index (κ3) is 1.88. The lowest BCUT2D eigenvalue weighted by Crippen LogP contribution is -2.46. The second-order valence-electron chi connectivity index (χ2n) is 3.99. The second kappa shape index (κ2) is 4.53. The minimum absolute atomic E-state index is 0.163. The minimum Gasteiger partial charge on any atom is -0.364 e. The molecule has 0 spiro atoms. The normalized spacial score (nSPS) is 15.2. The first-order valence-corrected chi connectivity index (χ1v) is 5.49. The molecule has 4 nitrogen and oxygen atoms in total. The molecule has 1 N–H and O–H groups in total. The average Bonchev–Trinajstić information content (AvgIpc) is 2.29. The van der Waals surface area contributed by atoms with E-state index >= 15 is 0 Å². The number of anilines is 2.